The van der Waals surface area contributed by atoms with Crippen LogP contribution in [-0.4, -0.2) is 36.3 Å². The second-order valence-corrected chi connectivity index (χ2v) is 4.87. The average Bonchev–Trinajstić information content (AvgIpc) is 2.23. The van der Waals surface area contributed by atoms with Crippen LogP contribution in [0.2, 0.25) is 0 Å². The quantitative estimate of drug-likeness (QED) is 0.565. The van der Waals surface area contributed by atoms with Crippen LogP contribution in [0, 0.1) is 5.92 Å². The molecule has 16 heavy (non-hydrogen) atoms. The maximum Gasteiger partial charge on any atom is 0.246 e. The molecule has 0 saturated carbocycles. The molecule has 1 N–H and O–H groups in total. The second kappa shape index (κ2) is 5.99. The minimum Gasteiger partial charge on any atom is -0.306 e. The summed E-state index contributed by atoms with van der Waals surface area (Å²) in [5, 5.41) is 3.23. The number of likely N-dealkylation sites (N-methyl/N-ethyl adjacent to an activating group) is 1. The van der Waals surface area contributed by atoms with Crippen molar-refractivity contribution in [3.63, 3.8) is 0 Å². The van der Waals surface area contributed by atoms with Gasteiger partial charge < -0.3 is 5.32 Å². The Bertz CT molecular complexity index is 264. The molecular formula is C12H22N2O2. The van der Waals surface area contributed by atoms with Gasteiger partial charge >= 0.3 is 0 Å². The van der Waals surface area contributed by atoms with Crippen LogP contribution in [0.15, 0.2) is 0 Å². The number of hydrogen-bond donors (Lipinski definition) is 1. The smallest absolute Gasteiger partial charge is 0.246 e. The summed E-state index contributed by atoms with van der Waals surface area (Å²) >= 11 is 0. The SMILES string of the molecule is CC(C)CCCNC1CCC(=O)N(C)C1=O. The predicted molar refractivity (Wildman–Crippen MR) is 62.9 cm³/mol. The van der Waals surface area contributed by atoms with E-state index < -0.39 is 0 Å². The van der Waals surface area contributed by atoms with Crippen LogP contribution in [0.25, 0.3) is 0 Å². The number of hydrogen-bond acceptors (Lipinski definition) is 3. The van der Waals surface area contributed by atoms with E-state index in [-0.39, 0.29) is 17.9 Å². The summed E-state index contributed by atoms with van der Waals surface area (Å²) in [6.45, 7) is 5.24. The third-order valence-electron chi connectivity index (χ3n) is 3.00. The molecule has 0 aromatic heterocycles. The zero-order valence-electron chi connectivity index (χ0n) is 10.5. The number of amides is 2. The topological polar surface area (TPSA) is 49.4 Å². The van der Waals surface area contributed by atoms with E-state index in [1.807, 2.05) is 0 Å². The molecule has 4 nitrogen and oxygen atoms in total. The highest BCUT2D eigenvalue weighted by atomic mass is 16.2. The number of piperidine rings is 1. The predicted octanol–water partition coefficient (Wildman–Crippen LogP) is 1.16. The average molecular weight is 226 g/mol. The fourth-order valence-electron chi connectivity index (χ4n) is 1.89. The molecular weight excluding hydrogens is 204 g/mol. The molecule has 1 aliphatic rings. The zero-order chi connectivity index (χ0) is 12.1. The first kappa shape index (κ1) is 13.2. The molecule has 0 spiro atoms. The van der Waals surface area contributed by atoms with Crippen LogP contribution < -0.4 is 5.32 Å². The summed E-state index contributed by atoms with van der Waals surface area (Å²) in [5.74, 6) is 0.555. The number of nitrogens with zero attached hydrogens (tertiary/aromatic N) is 1. The molecule has 1 rings (SSSR count). The first-order chi connectivity index (χ1) is 7.52. The summed E-state index contributed by atoms with van der Waals surface area (Å²) in [6, 6.07) is -0.158. The lowest BCUT2D eigenvalue weighted by Crippen LogP contribution is -2.51. The maximum atomic E-state index is 11.7. The third kappa shape index (κ3) is 3.59. The molecule has 1 atom stereocenters. The Labute approximate surface area is 97.4 Å². The van der Waals surface area contributed by atoms with Gasteiger partial charge in [0, 0.05) is 13.5 Å². The summed E-state index contributed by atoms with van der Waals surface area (Å²) < 4.78 is 0. The van der Waals surface area contributed by atoms with E-state index in [1.54, 1.807) is 7.05 Å². The van der Waals surface area contributed by atoms with Gasteiger partial charge in [-0.25, -0.2) is 0 Å². The van der Waals surface area contributed by atoms with E-state index in [2.05, 4.69) is 19.2 Å². The zero-order valence-corrected chi connectivity index (χ0v) is 10.5. The van der Waals surface area contributed by atoms with Crippen molar-refractivity contribution in [1.82, 2.24) is 10.2 Å². The Morgan fingerprint density at radius 2 is 2.12 bits per heavy atom. The highest BCUT2D eigenvalue weighted by molar-refractivity contribution is 6.00. The number of rotatable bonds is 5. The van der Waals surface area contributed by atoms with Crippen molar-refractivity contribution < 1.29 is 9.59 Å². The Balaban J connectivity index is 2.27. The number of carbonyl (C=O) groups is 2. The van der Waals surface area contributed by atoms with E-state index in [0.29, 0.717) is 18.8 Å². The third-order valence-corrected chi connectivity index (χ3v) is 3.00. The minimum absolute atomic E-state index is 0.0646. The van der Waals surface area contributed by atoms with Gasteiger partial charge in [-0.15, -0.1) is 0 Å². The number of imide groups is 1. The van der Waals surface area contributed by atoms with Gasteiger partial charge in [-0.1, -0.05) is 13.8 Å². The molecule has 0 aliphatic carbocycles. The molecule has 1 fully saturated rings. The van der Waals surface area contributed by atoms with Gasteiger partial charge in [0.05, 0.1) is 6.04 Å². The Kier molecular flexibility index (Phi) is 4.93. The Morgan fingerprint density at radius 3 is 2.75 bits per heavy atom. The van der Waals surface area contributed by atoms with Crippen LogP contribution >= 0.6 is 0 Å². The van der Waals surface area contributed by atoms with Crippen LogP contribution in [-0.2, 0) is 9.59 Å². The van der Waals surface area contributed by atoms with Gasteiger partial charge in [0.1, 0.15) is 0 Å². The maximum absolute atomic E-state index is 11.7. The molecule has 4 heteroatoms. The van der Waals surface area contributed by atoms with Crippen molar-refractivity contribution in [2.45, 2.75) is 45.6 Å². The normalized spacial score (nSPS) is 22.0. The Morgan fingerprint density at radius 1 is 1.44 bits per heavy atom. The van der Waals surface area contributed by atoms with Crippen molar-refractivity contribution in [1.29, 1.82) is 0 Å². The van der Waals surface area contributed by atoms with Crippen molar-refractivity contribution in [2.24, 2.45) is 5.92 Å². The monoisotopic (exact) mass is 226 g/mol. The molecule has 1 heterocycles. The first-order valence-corrected chi connectivity index (χ1v) is 6.06. The molecule has 92 valence electrons. The lowest BCUT2D eigenvalue weighted by atomic mass is 10.0. The van der Waals surface area contributed by atoms with Crippen molar-refractivity contribution in [3.8, 4) is 0 Å². The molecule has 0 aromatic rings. The summed E-state index contributed by atoms with van der Waals surface area (Å²) in [4.78, 5) is 24.2. The Hall–Kier alpha value is -0.900. The first-order valence-electron chi connectivity index (χ1n) is 6.06. The molecule has 2 amide bonds. The molecule has 1 unspecified atom stereocenters. The lowest BCUT2D eigenvalue weighted by molar-refractivity contribution is -0.148. The fourth-order valence-corrected chi connectivity index (χ4v) is 1.89. The minimum atomic E-state index is -0.158. The van der Waals surface area contributed by atoms with Crippen LogP contribution in [0.1, 0.15) is 39.5 Å². The van der Waals surface area contributed by atoms with Gasteiger partial charge in [-0.2, -0.15) is 0 Å². The highest BCUT2D eigenvalue weighted by Gasteiger charge is 2.30. The van der Waals surface area contributed by atoms with Gasteiger partial charge in [0.2, 0.25) is 11.8 Å². The van der Waals surface area contributed by atoms with E-state index in [4.69, 9.17) is 0 Å². The van der Waals surface area contributed by atoms with E-state index in [0.717, 1.165) is 13.0 Å². The number of likely N-dealkylation sites (tertiary alicyclic amines) is 1. The molecule has 0 aromatic carbocycles. The molecule has 0 radical (unpaired) electrons. The number of carbonyl (C=O) groups excluding carboxylic acids is 2. The molecule has 1 aliphatic heterocycles. The van der Waals surface area contributed by atoms with Gasteiger partial charge in [-0.3, -0.25) is 14.5 Å². The summed E-state index contributed by atoms with van der Waals surface area (Å²) in [6.07, 6.45) is 3.37. The largest absolute Gasteiger partial charge is 0.306 e. The second-order valence-electron chi connectivity index (χ2n) is 4.87. The fraction of sp³-hybridized carbons (Fsp3) is 0.833. The summed E-state index contributed by atoms with van der Waals surface area (Å²) in [7, 11) is 1.56. The lowest BCUT2D eigenvalue weighted by Gasteiger charge is -2.28. The van der Waals surface area contributed by atoms with Crippen LogP contribution in [0.5, 0.6) is 0 Å². The van der Waals surface area contributed by atoms with Gasteiger partial charge in [-0.05, 0) is 31.7 Å². The van der Waals surface area contributed by atoms with Crippen LogP contribution in [0.3, 0.4) is 0 Å². The van der Waals surface area contributed by atoms with Gasteiger partial charge in [0.15, 0.2) is 0 Å². The van der Waals surface area contributed by atoms with E-state index in [9.17, 15) is 9.59 Å². The summed E-state index contributed by atoms with van der Waals surface area (Å²) in [5.41, 5.74) is 0. The van der Waals surface area contributed by atoms with Gasteiger partial charge in [0.25, 0.3) is 0 Å². The van der Waals surface area contributed by atoms with Crippen molar-refractivity contribution in [3.05, 3.63) is 0 Å². The standard InChI is InChI=1S/C12H22N2O2/c1-9(2)5-4-8-13-10-6-7-11(15)14(3)12(10)16/h9-10,13H,4-8H2,1-3H3. The highest BCUT2D eigenvalue weighted by Crippen LogP contribution is 2.11. The van der Waals surface area contributed by atoms with Crippen molar-refractivity contribution >= 4 is 11.8 Å². The van der Waals surface area contributed by atoms with E-state index in [1.165, 1.54) is 11.3 Å². The molecule has 1 saturated heterocycles. The number of nitrogens with one attached hydrogen (secondary N) is 1. The van der Waals surface area contributed by atoms with Crippen molar-refractivity contribution in [2.75, 3.05) is 13.6 Å². The van der Waals surface area contributed by atoms with Crippen LogP contribution in [0.4, 0.5) is 0 Å². The van der Waals surface area contributed by atoms with E-state index >= 15 is 0 Å². The molecule has 0 bridgehead atoms.